The molecule has 0 bridgehead atoms. The van der Waals surface area contributed by atoms with Crippen molar-refractivity contribution in [3.8, 4) is 5.75 Å². The van der Waals surface area contributed by atoms with E-state index in [9.17, 15) is 13.2 Å². The molecule has 2 atom stereocenters. The summed E-state index contributed by atoms with van der Waals surface area (Å²) in [4.78, 5) is 11.9. The fourth-order valence-corrected chi connectivity index (χ4v) is 5.08. The molecule has 2 aromatic carbocycles. The first-order valence-corrected chi connectivity index (χ1v) is 9.56. The number of carbonyl (C=O) groups excluding carboxylic acids is 1. The molecule has 0 saturated heterocycles. The summed E-state index contributed by atoms with van der Waals surface area (Å²) in [6.07, 6.45) is 0.0815. The quantitative estimate of drug-likeness (QED) is 0.895. The average Bonchev–Trinajstić information content (AvgIpc) is 2.91. The maximum atomic E-state index is 13.2. The van der Waals surface area contributed by atoms with E-state index in [-0.39, 0.29) is 16.8 Å². The number of benzene rings is 2. The van der Waals surface area contributed by atoms with Crippen molar-refractivity contribution in [1.29, 1.82) is 0 Å². The van der Waals surface area contributed by atoms with E-state index in [1.807, 2.05) is 31.2 Å². The van der Waals surface area contributed by atoms with Gasteiger partial charge in [0.05, 0.1) is 16.3 Å². The van der Waals surface area contributed by atoms with Crippen LogP contribution in [0.25, 0.3) is 0 Å². The number of hydrogen-bond acceptors (Lipinski definition) is 4. The third-order valence-electron chi connectivity index (χ3n) is 4.58. The molecule has 1 N–H and O–H groups in total. The van der Waals surface area contributed by atoms with Gasteiger partial charge in [0, 0.05) is 6.04 Å². The van der Waals surface area contributed by atoms with Crippen LogP contribution in [0, 0.1) is 0 Å². The van der Waals surface area contributed by atoms with Crippen LogP contribution in [0.2, 0.25) is 0 Å². The number of anilines is 2. The van der Waals surface area contributed by atoms with Gasteiger partial charge in [-0.05, 0) is 50.1 Å². The zero-order valence-electron chi connectivity index (χ0n) is 13.9. The first kappa shape index (κ1) is 16.0. The number of hydrogen-bond donors (Lipinski definition) is 1. The van der Waals surface area contributed by atoms with E-state index >= 15 is 0 Å². The summed E-state index contributed by atoms with van der Waals surface area (Å²) >= 11 is 0. The van der Waals surface area contributed by atoms with E-state index < -0.39 is 16.1 Å². The number of carbonyl (C=O) groups is 1. The van der Waals surface area contributed by atoms with Crippen molar-refractivity contribution in [3.63, 3.8) is 0 Å². The van der Waals surface area contributed by atoms with Gasteiger partial charge in [-0.25, -0.2) is 8.42 Å². The van der Waals surface area contributed by atoms with Crippen LogP contribution in [-0.2, 0) is 21.2 Å². The fraction of sp³-hybridized carbons (Fsp3) is 0.278. The maximum Gasteiger partial charge on any atom is 0.265 e. The molecule has 0 aromatic heterocycles. The SMILES string of the molecule is CC1Oc2ccc(S(=O)(=O)N3c4ccccc4CC3C)cc2NC1=O. The molecule has 7 heteroatoms. The lowest BCUT2D eigenvalue weighted by molar-refractivity contribution is -0.122. The van der Waals surface area contributed by atoms with Gasteiger partial charge in [-0.2, -0.15) is 0 Å². The molecular formula is C18H18N2O4S. The minimum Gasteiger partial charge on any atom is -0.479 e. The van der Waals surface area contributed by atoms with Crippen LogP contribution in [0.3, 0.4) is 0 Å². The summed E-state index contributed by atoms with van der Waals surface area (Å²) in [7, 11) is -3.74. The zero-order valence-corrected chi connectivity index (χ0v) is 14.7. The Kier molecular flexibility index (Phi) is 3.50. The molecule has 0 aliphatic carbocycles. The van der Waals surface area contributed by atoms with Gasteiger partial charge < -0.3 is 10.1 Å². The van der Waals surface area contributed by atoms with E-state index in [1.54, 1.807) is 13.0 Å². The van der Waals surface area contributed by atoms with Crippen molar-refractivity contribution in [2.75, 3.05) is 9.62 Å². The second-order valence-corrected chi connectivity index (χ2v) is 8.20. The summed E-state index contributed by atoms with van der Waals surface area (Å²) in [5, 5.41) is 2.70. The third kappa shape index (κ3) is 2.46. The minimum atomic E-state index is -3.74. The van der Waals surface area contributed by atoms with Crippen LogP contribution in [0.4, 0.5) is 11.4 Å². The zero-order chi connectivity index (χ0) is 17.8. The van der Waals surface area contributed by atoms with Gasteiger partial charge in [0.1, 0.15) is 5.75 Å². The standard InChI is InChI=1S/C18H18N2O4S/c1-11-9-13-5-3-4-6-16(13)20(11)25(22,23)14-7-8-17-15(10-14)19-18(21)12(2)24-17/h3-8,10-12H,9H2,1-2H3,(H,19,21). The number of fused-ring (bicyclic) bond motifs is 2. The fourth-order valence-electron chi connectivity index (χ4n) is 3.37. The number of rotatable bonds is 2. The van der Waals surface area contributed by atoms with Crippen LogP contribution < -0.4 is 14.4 Å². The van der Waals surface area contributed by atoms with Gasteiger partial charge >= 0.3 is 0 Å². The third-order valence-corrected chi connectivity index (χ3v) is 6.51. The number of sulfonamides is 1. The highest BCUT2D eigenvalue weighted by Crippen LogP contribution is 2.38. The molecule has 2 aliphatic rings. The molecular weight excluding hydrogens is 340 g/mol. The van der Waals surface area contributed by atoms with Crippen molar-refractivity contribution in [1.82, 2.24) is 0 Å². The summed E-state index contributed by atoms with van der Waals surface area (Å²) in [6, 6.07) is 11.9. The number of nitrogens with zero attached hydrogens (tertiary/aromatic N) is 1. The molecule has 130 valence electrons. The predicted octanol–water partition coefficient (Wildman–Crippen LogP) is 2.55. The second-order valence-electron chi connectivity index (χ2n) is 6.39. The minimum absolute atomic E-state index is 0.133. The highest BCUT2D eigenvalue weighted by Gasteiger charge is 2.36. The Bertz CT molecular complexity index is 971. The number of nitrogens with one attached hydrogen (secondary N) is 1. The van der Waals surface area contributed by atoms with E-state index in [2.05, 4.69) is 5.32 Å². The van der Waals surface area contributed by atoms with Crippen molar-refractivity contribution in [2.24, 2.45) is 0 Å². The van der Waals surface area contributed by atoms with Gasteiger partial charge in [0.15, 0.2) is 6.10 Å². The molecule has 0 saturated carbocycles. The first-order chi connectivity index (χ1) is 11.9. The van der Waals surface area contributed by atoms with E-state index in [0.29, 0.717) is 23.5 Å². The van der Waals surface area contributed by atoms with Crippen LogP contribution in [0.5, 0.6) is 5.75 Å². The normalized spacial score (nSPS) is 22.0. The van der Waals surface area contributed by atoms with Crippen molar-refractivity contribution in [3.05, 3.63) is 48.0 Å². The summed E-state index contributed by atoms with van der Waals surface area (Å²) < 4.78 is 33.4. The maximum absolute atomic E-state index is 13.2. The molecule has 0 fully saturated rings. The smallest absolute Gasteiger partial charge is 0.265 e. The van der Waals surface area contributed by atoms with Crippen molar-refractivity contribution in [2.45, 2.75) is 37.3 Å². The van der Waals surface area contributed by atoms with Crippen LogP contribution in [0.15, 0.2) is 47.4 Å². The van der Waals surface area contributed by atoms with Crippen LogP contribution >= 0.6 is 0 Å². The largest absolute Gasteiger partial charge is 0.479 e. The van der Waals surface area contributed by atoms with Gasteiger partial charge in [-0.15, -0.1) is 0 Å². The van der Waals surface area contributed by atoms with Crippen molar-refractivity contribution < 1.29 is 17.9 Å². The van der Waals surface area contributed by atoms with Gasteiger partial charge in [0.2, 0.25) is 0 Å². The average molecular weight is 358 g/mol. The molecule has 4 rings (SSSR count). The Balaban J connectivity index is 1.77. The second kappa shape index (κ2) is 5.49. The van der Waals surface area contributed by atoms with E-state index in [4.69, 9.17) is 4.74 Å². The lowest BCUT2D eigenvalue weighted by Crippen LogP contribution is -2.36. The molecule has 0 spiro atoms. The van der Waals surface area contributed by atoms with E-state index in [0.717, 1.165) is 5.56 Å². The molecule has 6 nitrogen and oxygen atoms in total. The topological polar surface area (TPSA) is 75.7 Å². The van der Waals surface area contributed by atoms with Gasteiger partial charge in [-0.3, -0.25) is 9.10 Å². The highest BCUT2D eigenvalue weighted by molar-refractivity contribution is 7.92. The summed E-state index contributed by atoms with van der Waals surface area (Å²) in [5.41, 5.74) is 2.10. The Labute approximate surface area is 146 Å². The molecule has 2 aliphatic heterocycles. The Morgan fingerprint density at radius 1 is 1.16 bits per heavy atom. The highest BCUT2D eigenvalue weighted by atomic mass is 32.2. The molecule has 2 unspecified atom stereocenters. The monoisotopic (exact) mass is 358 g/mol. The predicted molar refractivity (Wildman–Crippen MR) is 94.4 cm³/mol. The number of para-hydroxylation sites is 1. The molecule has 25 heavy (non-hydrogen) atoms. The lowest BCUT2D eigenvalue weighted by atomic mass is 10.1. The number of ether oxygens (including phenoxy) is 1. The van der Waals surface area contributed by atoms with Crippen LogP contribution in [-0.4, -0.2) is 26.5 Å². The Hall–Kier alpha value is -2.54. The molecule has 2 aromatic rings. The Morgan fingerprint density at radius 3 is 2.72 bits per heavy atom. The molecule has 2 heterocycles. The Morgan fingerprint density at radius 2 is 1.92 bits per heavy atom. The number of amides is 1. The van der Waals surface area contributed by atoms with Gasteiger partial charge in [-0.1, -0.05) is 18.2 Å². The van der Waals surface area contributed by atoms with E-state index in [1.165, 1.54) is 16.4 Å². The summed E-state index contributed by atoms with van der Waals surface area (Å²) in [5.74, 6) is 0.183. The molecule has 0 radical (unpaired) electrons. The van der Waals surface area contributed by atoms with Crippen LogP contribution in [0.1, 0.15) is 19.4 Å². The van der Waals surface area contributed by atoms with Gasteiger partial charge in [0.25, 0.3) is 15.9 Å². The van der Waals surface area contributed by atoms with Crippen molar-refractivity contribution >= 4 is 27.3 Å². The first-order valence-electron chi connectivity index (χ1n) is 8.12. The lowest BCUT2D eigenvalue weighted by Gasteiger charge is -2.27. The molecule has 1 amide bonds. The summed E-state index contributed by atoms with van der Waals surface area (Å²) in [6.45, 7) is 3.54.